The van der Waals surface area contributed by atoms with E-state index >= 15 is 0 Å². The van der Waals surface area contributed by atoms with Gasteiger partial charge in [0, 0.05) is 23.8 Å². The quantitative estimate of drug-likeness (QED) is 0.374. The lowest BCUT2D eigenvalue weighted by Gasteiger charge is -2.15. The Kier molecular flexibility index (Phi) is 6.99. The molecule has 0 saturated heterocycles. The molecule has 0 spiro atoms. The molecule has 0 aliphatic heterocycles. The molecular formula is C22H23ClN4O5. The number of hydrogen-bond acceptors (Lipinski definition) is 6. The molecule has 1 amide bonds. The SMILES string of the molecule is COc1cc(C(=O)Nc2cc(C)nn2-c2ccc([N+](=O)[O-])cc2)cc(Cl)c1OCC(C)C. The Hall–Kier alpha value is -3.59. The maximum Gasteiger partial charge on any atom is 0.269 e. The minimum Gasteiger partial charge on any atom is -0.493 e. The standard InChI is InChI=1S/C22H23ClN4O5/c1-13(2)12-32-21-18(23)10-15(11-19(21)31-4)22(28)24-20-9-14(3)25-26(20)16-5-7-17(8-6-16)27(29)30/h5-11,13H,12H2,1-4H3,(H,24,28). The molecule has 32 heavy (non-hydrogen) atoms. The normalized spacial score (nSPS) is 10.8. The van der Waals surface area contributed by atoms with Gasteiger partial charge in [-0.2, -0.15) is 5.10 Å². The summed E-state index contributed by atoms with van der Waals surface area (Å²) in [5.74, 6) is 0.997. The van der Waals surface area contributed by atoms with E-state index in [1.807, 2.05) is 13.8 Å². The zero-order valence-corrected chi connectivity index (χ0v) is 18.8. The molecule has 3 aromatic rings. The summed E-state index contributed by atoms with van der Waals surface area (Å²) in [5, 5.41) is 18.3. The van der Waals surface area contributed by atoms with Gasteiger partial charge in [-0.15, -0.1) is 0 Å². The van der Waals surface area contributed by atoms with Crippen LogP contribution in [0.4, 0.5) is 11.5 Å². The van der Waals surface area contributed by atoms with Crippen molar-refractivity contribution in [1.82, 2.24) is 9.78 Å². The Balaban J connectivity index is 1.88. The first-order valence-corrected chi connectivity index (χ1v) is 10.2. The van der Waals surface area contributed by atoms with Crippen molar-refractivity contribution < 1.29 is 19.2 Å². The monoisotopic (exact) mass is 458 g/mol. The maximum atomic E-state index is 13.0. The number of nitro benzene ring substituents is 1. The molecule has 2 aromatic carbocycles. The molecule has 1 aromatic heterocycles. The predicted octanol–water partition coefficient (Wildman–Crippen LogP) is 5.04. The summed E-state index contributed by atoms with van der Waals surface area (Å²) in [6.07, 6.45) is 0. The number of carbonyl (C=O) groups excluding carboxylic acids is 1. The van der Waals surface area contributed by atoms with Crippen LogP contribution in [0.5, 0.6) is 11.5 Å². The third-order valence-corrected chi connectivity index (χ3v) is 4.71. The number of methoxy groups -OCH3 is 1. The van der Waals surface area contributed by atoms with Crippen LogP contribution in [0, 0.1) is 23.0 Å². The van der Waals surface area contributed by atoms with Crippen molar-refractivity contribution in [1.29, 1.82) is 0 Å². The van der Waals surface area contributed by atoms with Crippen LogP contribution in [0.25, 0.3) is 5.69 Å². The number of carbonyl (C=O) groups is 1. The molecular weight excluding hydrogens is 436 g/mol. The first kappa shape index (κ1) is 23.1. The van der Waals surface area contributed by atoms with Gasteiger partial charge in [0.15, 0.2) is 11.5 Å². The van der Waals surface area contributed by atoms with Crippen molar-refractivity contribution in [3.05, 3.63) is 68.9 Å². The van der Waals surface area contributed by atoms with Crippen molar-refractivity contribution >= 4 is 29.0 Å². The van der Waals surface area contributed by atoms with Gasteiger partial charge in [-0.25, -0.2) is 4.68 Å². The van der Waals surface area contributed by atoms with Crippen molar-refractivity contribution in [3.63, 3.8) is 0 Å². The van der Waals surface area contributed by atoms with Gasteiger partial charge in [0.1, 0.15) is 5.82 Å². The second kappa shape index (κ2) is 9.69. The van der Waals surface area contributed by atoms with E-state index in [1.165, 1.54) is 30.0 Å². The van der Waals surface area contributed by atoms with Gasteiger partial charge in [-0.05, 0) is 37.1 Å². The van der Waals surface area contributed by atoms with E-state index < -0.39 is 10.8 Å². The van der Waals surface area contributed by atoms with E-state index in [4.69, 9.17) is 21.1 Å². The Morgan fingerprint density at radius 1 is 1.25 bits per heavy atom. The molecule has 0 saturated carbocycles. The highest BCUT2D eigenvalue weighted by Gasteiger charge is 2.18. The number of ether oxygens (including phenoxy) is 2. The fourth-order valence-corrected chi connectivity index (χ4v) is 3.20. The number of non-ortho nitro benzene ring substituents is 1. The molecule has 1 N–H and O–H groups in total. The highest BCUT2D eigenvalue weighted by molar-refractivity contribution is 6.32. The number of amides is 1. The summed E-state index contributed by atoms with van der Waals surface area (Å²) in [6, 6.07) is 10.6. The lowest BCUT2D eigenvalue weighted by molar-refractivity contribution is -0.384. The lowest BCUT2D eigenvalue weighted by Crippen LogP contribution is -2.15. The van der Waals surface area contributed by atoms with Gasteiger partial charge in [-0.1, -0.05) is 25.4 Å². The van der Waals surface area contributed by atoms with Gasteiger partial charge in [0.2, 0.25) is 0 Å². The minimum absolute atomic E-state index is 0.0373. The molecule has 1 heterocycles. The second-order valence-corrected chi connectivity index (χ2v) is 7.91. The fourth-order valence-electron chi connectivity index (χ4n) is 2.93. The number of nitrogens with zero attached hydrogens (tertiary/aromatic N) is 3. The van der Waals surface area contributed by atoms with Gasteiger partial charge < -0.3 is 14.8 Å². The molecule has 0 atom stereocenters. The van der Waals surface area contributed by atoms with Crippen LogP contribution in [0.15, 0.2) is 42.5 Å². The van der Waals surface area contributed by atoms with E-state index in [-0.39, 0.29) is 16.3 Å². The van der Waals surface area contributed by atoms with Crippen LogP contribution in [0.3, 0.4) is 0 Å². The van der Waals surface area contributed by atoms with E-state index in [2.05, 4.69) is 10.4 Å². The van der Waals surface area contributed by atoms with Crippen LogP contribution in [0.1, 0.15) is 29.9 Å². The Morgan fingerprint density at radius 2 is 1.94 bits per heavy atom. The number of aromatic nitrogens is 2. The molecule has 0 fully saturated rings. The summed E-state index contributed by atoms with van der Waals surface area (Å²) in [7, 11) is 1.47. The Labute approximate surface area is 190 Å². The Bertz CT molecular complexity index is 1140. The smallest absolute Gasteiger partial charge is 0.269 e. The van der Waals surface area contributed by atoms with E-state index in [0.29, 0.717) is 41.2 Å². The third kappa shape index (κ3) is 5.17. The summed E-state index contributed by atoms with van der Waals surface area (Å²) >= 11 is 6.36. The summed E-state index contributed by atoms with van der Waals surface area (Å²) in [5.41, 5.74) is 1.46. The van der Waals surface area contributed by atoms with Crippen LogP contribution < -0.4 is 14.8 Å². The van der Waals surface area contributed by atoms with Crippen molar-refractivity contribution in [2.24, 2.45) is 5.92 Å². The lowest BCUT2D eigenvalue weighted by atomic mass is 10.1. The molecule has 10 heteroatoms. The highest BCUT2D eigenvalue weighted by atomic mass is 35.5. The molecule has 0 aliphatic rings. The average molecular weight is 459 g/mol. The number of nitro groups is 1. The number of benzene rings is 2. The van der Waals surface area contributed by atoms with E-state index in [1.54, 1.807) is 31.2 Å². The van der Waals surface area contributed by atoms with Crippen LogP contribution in [0.2, 0.25) is 5.02 Å². The number of aryl methyl sites for hydroxylation is 1. The fraction of sp³-hybridized carbons (Fsp3) is 0.273. The second-order valence-electron chi connectivity index (χ2n) is 7.50. The molecule has 0 unspecified atom stereocenters. The highest BCUT2D eigenvalue weighted by Crippen LogP contribution is 2.37. The number of nitrogens with one attached hydrogen (secondary N) is 1. The van der Waals surface area contributed by atoms with E-state index in [0.717, 1.165) is 0 Å². The van der Waals surface area contributed by atoms with Crippen molar-refractivity contribution in [2.45, 2.75) is 20.8 Å². The zero-order chi connectivity index (χ0) is 23.4. The topological polar surface area (TPSA) is 109 Å². The number of hydrogen-bond donors (Lipinski definition) is 1. The zero-order valence-electron chi connectivity index (χ0n) is 18.1. The molecule has 0 bridgehead atoms. The van der Waals surface area contributed by atoms with Crippen molar-refractivity contribution in [3.8, 4) is 17.2 Å². The maximum absolute atomic E-state index is 13.0. The average Bonchev–Trinajstić information content (AvgIpc) is 3.12. The van der Waals surface area contributed by atoms with Crippen LogP contribution >= 0.6 is 11.6 Å². The molecule has 0 aliphatic carbocycles. The van der Waals surface area contributed by atoms with Gasteiger partial charge >= 0.3 is 0 Å². The summed E-state index contributed by atoms with van der Waals surface area (Å²) < 4.78 is 12.6. The summed E-state index contributed by atoms with van der Waals surface area (Å²) in [6.45, 7) is 6.25. The number of anilines is 1. The largest absolute Gasteiger partial charge is 0.493 e. The van der Waals surface area contributed by atoms with E-state index in [9.17, 15) is 14.9 Å². The first-order chi connectivity index (χ1) is 15.2. The molecule has 0 radical (unpaired) electrons. The molecule has 168 valence electrons. The Morgan fingerprint density at radius 3 is 2.53 bits per heavy atom. The number of rotatable bonds is 8. The summed E-state index contributed by atoms with van der Waals surface area (Å²) in [4.78, 5) is 23.4. The molecule has 9 nitrogen and oxygen atoms in total. The van der Waals surface area contributed by atoms with Gasteiger partial charge in [-0.3, -0.25) is 14.9 Å². The van der Waals surface area contributed by atoms with Crippen LogP contribution in [-0.4, -0.2) is 34.3 Å². The number of halogens is 1. The first-order valence-electron chi connectivity index (χ1n) is 9.82. The molecule has 3 rings (SSSR count). The predicted molar refractivity (Wildman–Crippen MR) is 121 cm³/mol. The van der Waals surface area contributed by atoms with Gasteiger partial charge in [0.25, 0.3) is 11.6 Å². The van der Waals surface area contributed by atoms with Crippen molar-refractivity contribution in [2.75, 3.05) is 19.0 Å². The van der Waals surface area contributed by atoms with Gasteiger partial charge in [0.05, 0.1) is 35.0 Å². The minimum atomic E-state index is -0.480. The third-order valence-electron chi connectivity index (χ3n) is 4.43. The van der Waals surface area contributed by atoms with Crippen LogP contribution in [-0.2, 0) is 0 Å².